The van der Waals surface area contributed by atoms with Gasteiger partial charge in [0, 0.05) is 44.1 Å². The molecule has 6 nitrogen and oxygen atoms in total. The highest BCUT2D eigenvalue weighted by Crippen LogP contribution is 2.23. The van der Waals surface area contributed by atoms with E-state index in [1.165, 1.54) is 24.3 Å². The number of carbonyl (C=O) groups excluding carboxylic acids is 1. The number of ether oxygens (including phenoxy) is 2. The normalized spacial score (nSPS) is 13.9. The molecule has 0 radical (unpaired) electrons. The number of benzene rings is 1. The molecule has 1 aliphatic rings. The lowest BCUT2D eigenvalue weighted by atomic mass is 10.1. The summed E-state index contributed by atoms with van der Waals surface area (Å²) in [5, 5.41) is 7.23. The molecule has 3 rings (SSSR count). The maximum atomic E-state index is 12.1. The Bertz CT molecular complexity index is 801. The summed E-state index contributed by atoms with van der Waals surface area (Å²) < 4.78 is 47.5. The van der Waals surface area contributed by atoms with E-state index < -0.39 is 6.36 Å². The fraction of sp³-hybridized carbons (Fsp3) is 0.444. The number of aryl methyl sites for hydroxylation is 2. The molecule has 0 spiro atoms. The quantitative estimate of drug-likeness (QED) is 0.833. The molecular formula is C18H20F3N3O3. The number of hydrogen-bond donors (Lipinski definition) is 1. The summed E-state index contributed by atoms with van der Waals surface area (Å²) in [7, 11) is 1.89. The standard InChI is InChI=1S/C18H20F3N3O3/c1-24-16-8-9-26-11-14(16)15(23-24)6-7-17(25)22-10-12-2-4-13(5-3-12)27-18(19,20)21/h2-5H,6-11H2,1H3,(H,22,25). The van der Waals surface area contributed by atoms with Crippen LogP contribution in [0, 0.1) is 0 Å². The second kappa shape index (κ2) is 7.99. The molecule has 146 valence electrons. The van der Waals surface area contributed by atoms with Gasteiger partial charge in [-0.05, 0) is 17.7 Å². The minimum absolute atomic E-state index is 0.151. The van der Waals surface area contributed by atoms with E-state index in [4.69, 9.17) is 4.74 Å². The highest BCUT2D eigenvalue weighted by atomic mass is 19.4. The number of nitrogens with one attached hydrogen (secondary N) is 1. The van der Waals surface area contributed by atoms with Crippen LogP contribution >= 0.6 is 0 Å². The van der Waals surface area contributed by atoms with Crippen LogP contribution in [-0.2, 0) is 42.6 Å². The van der Waals surface area contributed by atoms with E-state index in [2.05, 4.69) is 15.2 Å². The monoisotopic (exact) mass is 383 g/mol. The number of aromatic nitrogens is 2. The largest absolute Gasteiger partial charge is 0.573 e. The van der Waals surface area contributed by atoms with E-state index in [9.17, 15) is 18.0 Å². The zero-order valence-corrected chi connectivity index (χ0v) is 14.8. The topological polar surface area (TPSA) is 65.4 Å². The lowest BCUT2D eigenvalue weighted by Gasteiger charge is -2.13. The third kappa shape index (κ3) is 5.22. The van der Waals surface area contributed by atoms with Gasteiger partial charge in [0.1, 0.15) is 5.75 Å². The van der Waals surface area contributed by atoms with Crippen molar-refractivity contribution in [2.45, 2.75) is 38.8 Å². The van der Waals surface area contributed by atoms with E-state index >= 15 is 0 Å². The smallest absolute Gasteiger partial charge is 0.406 e. The summed E-state index contributed by atoms with van der Waals surface area (Å²) in [6.07, 6.45) is -3.11. The number of amides is 1. The Morgan fingerprint density at radius 1 is 1.33 bits per heavy atom. The number of carbonyl (C=O) groups is 1. The van der Waals surface area contributed by atoms with E-state index in [0.29, 0.717) is 25.2 Å². The lowest BCUT2D eigenvalue weighted by Crippen LogP contribution is -2.23. The molecule has 1 N–H and O–H groups in total. The predicted molar refractivity (Wildman–Crippen MR) is 89.9 cm³/mol. The van der Waals surface area contributed by atoms with Gasteiger partial charge in [-0.2, -0.15) is 5.10 Å². The molecule has 2 heterocycles. The number of fused-ring (bicyclic) bond motifs is 1. The second-order valence-corrected chi connectivity index (χ2v) is 6.27. The van der Waals surface area contributed by atoms with Crippen molar-refractivity contribution in [2.24, 2.45) is 7.05 Å². The van der Waals surface area contributed by atoms with Gasteiger partial charge in [0.25, 0.3) is 0 Å². The maximum absolute atomic E-state index is 12.1. The number of rotatable bonds is 6. The number of halogens is 3. The molecule has 27 heavy (non-hydrogen) atoms. The molecule has 0 atom stereocenters. The van der Waals surface area contributed by atoms with Crippen molar-refractivity contribution < 1.29 is 27.4 Å². The van der Waals surface area contributed by atoms with Crippen molar-refractivity contribution in [1.82, 2.24) is 15.1 Å². The fourth-order valence-corrected chi connectivity index (χ4v) is 3.02. The van der Waals surface area contributed by atoms with Crippen LogP contribution in [0.5, 0.6) is 5.75 Å². The van der Waals surface area contributed by atoms with Crippen LogP contribution in [0.4, 0.5) is 13.2 Å². The zero-order valence-electron chi connectivity index (χ0n) is 14.8. The zero-order chi connectivity index (χ0) is 19.4. The Hall–Kier alpha value is -2.55. The maximum Gasteiger partial charge on any atom is 0.573 e. The molecule has 1 aliphatic heterocycles. The van der Waals surface area contributed by atoms with Crippen LogP contribution in [0.15, 0.2) is 24.3 Å². The first-order chi connectivity index (χ1) is 12.8. The third-order valence-electron chi connectivity index (χ3n) is 4.32. The summed E-state index contributed by atoms with van der Waals surface area (Å²) in [5.74, 6) is -0.443. The van der Waals surface area contributed by atoms with Crippen LogP contribution in [-0.4, -0.2) is 28.7 Å². The first-order valence-corrected chi connectivity index (χ1v) is 8.54. The van der Waals surface area contributed by atoms with E-state index in [0.717, 1.165) is 23.4 Å². The van der Waals surface area contributed by atoms with Crippen LogP contribution in [0.1, 0.15) is 28.9 Å². The number of hydrogen-bond acceptors (Lipinski definition) is 4. The minimum Gasteiger partial charge on any atom is -0.406 e. The molecular weight excluding hydrogens is 363 g/mol. The Labute approximate surface area is 154 Å². The Morgan fingerprint density at radius 2 is 2.07 bits per heavy atom. The molecule has 0 bridgehead atoms. The molecule has 9 heteroatoms. The van der Waals surface area contributed by atoms with Crippen molar-refractivity contribution in [3.8, 4) is 5.75 Å². The molecule has 0 saturated heterocycles. The summed E-state index contributed by atoms with van der Waals surface area (Å²) in [6.45, 7) is 1.43. The highest BCUT2D eigenvalue weighted by molar-refractivity contribution is 5.76. The Kier molecular flexibility index (Phi) is 5.69. The van der Waals surface area contributed by atoms with Gasteiger partial charge in [-0.15, -0.1) is 13.2 Å². The molecule has 0 fully saturated rings. The highest BCUT2D eigenvalue weighted by Gasteiger charge is 2.30. The average molecular weight is 383 g/mol. The predicted octanol–water partition coefficient (Wildman–Crippen LogP) is 2.64. The van der Waals surface area contributed by atoms with Gasteiger partial charge >= 0.3 is 6.36 Å². The average Bonchev–Trinajstić information content (AvgIpc) is 2.94. The summed E-state index contributed by atoms with van der Waals surface area (Å²) in [6, 6.07) is 5.39. The molecule has 1 aromatic heterocycles. The molecule has 0 saturated carbocycles. The van der Waals surface area contributed by atoms with Gasteiger partial charge in [-0.3, -0.25) is 9.48 Å². The van der Waals surface area contributed by atoms with Gasteiger partial charge in [0.15, 0.2) is 0 Å². The Morgan fingerprint density at radius 3 is 2.78 bits per heavy atom. The van der Waals surface area contributed by atoms with Gasteiger partial charge in [-0.25, -0.2) is 0 Å². The fourth-order valence-electron chi connectivity index (χ4n) is 3.02. The molecule has 0 unspecified atom stereocenters. The van der Waals surface area contributed by atoms with Crippen molar-refractivity contribution >= 4 is 5.91 Å². The summed E-state index contributed by atoms with van der Waals surface area (Å²) >= 11 is 0. The van der Waals surface area contributed by atoms with Gasteiger partial charge < -0.3 is 14.8 Å². The van der Waals surface area contributed by atoms with Crippen LogP contribution < -0.4 is 10.1 Å². The SMILES string of the molecule is Cn1nc(CCC(=O)NCc2ccc(OC(F)(F)F)cc2)c2c1CCOC2. The molecule has 1 aromatic carbocycles. The van der Waals surface area contributed by atoms with Gasteiger partial charge in [-0.1, -0.05) is 12.1 Å². The van der Waals surface area contributed by atoms with Gasteiger partial charge in [0.05, 0.1) is 18.9 Å². The van der Waals surface area contributed by atoms with Crippen LogP contribution in [0.3, 0.4) is 0 Å². The van der Waals surface area contributed by atoms with Crippen molar-refractivity contribution in [2.75, 3.05) is 6.61 Å². The summed E-state index contributed by atoms with van der Waals surface area (Å²) in [5.41, 5.74) is 3.77. The van der Waals surface area contributed by atoms with Crippen LogP contribution in [0.2, 0.25) is 0 Å². The van der Waals surface area contributed by atoms with Crippen molar-refractivity contribution in [1.29, 1.82) is 0 Å². The lowest BCUT2D eigenvalue weighted by molar-refractivity contribution is -0.274. The van der Waals surface area contributed by atoms with Crippen LogP contribution in [0.25, 0.3) is 0 Å². The second-order valence-electron chi connectivity index (χ2n) is 6.27. The third-order valence-corrected chi connectivity index (χ3v) is 4.32. The van der Waals surface area contributed by atoms with E-state index in [1.807, 2.05) is 11.7 Å². The molecule has 1 amide bonds. The number of alkyl halides is 3. The van der Waals surface area contributed by atoms with E-state index in [1.54, 1.807) is 0 Å². The first kappa shape index (κ1) is 19.2. The minimum atomic E-state index is -4.72. The number of nitrogens with zero attached hydrogens (tertiary/aromatic N) is 2. The molecule has 2 aromatic rings. The molecule has 0 aliphatic carbocycles. The Balaban J connectivity index is 1.48. The van der Waals surface area contributed by atoms with Crippen molar-refractivity contribution in [3.63, 3.8) is 0 Å². The van der Waals surface area contributed by atoms with E-state index in [-0.39, 0.29) is 24.6 Å². The van der Waals surface area contributed by atoms with Gasteiger partial charge in [0.2, 0.25) is 5.91 Å². The van der Waals surface area contributed by atoms with Crippen molar-refractivity contribution in [3.05, 3.63) is 46.8 Å². The first-order valence-electron chi connectivity index (χ1n) is 8.54. The summed E-state index contributed by atoms with van der Waals surface area (Å²) in [4.78, 5) is 12.1.